The molecule has 1 N–H and O–H groups in total. The molecule has 0 saturated heterocycles. The summed E-state index contributed by atoms with van der Waals surface area (Å²) >= 11 is 0. The molecule has 0 radical (unpaired) electrons. The number of benzene rings is 1. The number of hydrogen-bond acceptors (Lipinski definition) is 3. The zero-order valence-electron chi connectivity index (χ0n) is 11.1. The van der Waals surface area contributed by atoms with Gasteiger partial charge in [-0.15, -0.1) is 0 Å². The summed E-state index contributed by atoms with van der Waals surface area (Å²) < 4.78 is 18.3. The van der Waals surface area contributed by atoms with Crippen LogP contribution in [0.15, 0.2) is 42.7 Å². The number of ether oxygens (including phenoxy) is 1. The van der Waals surface area contributed by atoms with Crippen LogP contribution in [-0.2, 0) is 6.54 Å². The Morgan fingerprint density at radius 3 is 2.84 bits per heavy atom. The molecule has 2 rings (SSSR count). The normalized spacial score (nSPS) is 12.2. The number of para-hydroxylation sites is 1. The van der Waals surface area contributed by atoms with Gasteiger partial charge in [0.15, 0.2) is 0 Å². The molecule has 0 unspecified atom stereocenters. The largest absolute Gasteiger partial charge is 0.496 e. The highest BCUT2D eigenvalue weighted by Gasteiger charge is 2.10. The van der Waals surface area contributed by atoms with Crippen molar-refractivity contribution >= 4 is 0 Å². The molecule has 0 fully saturated rings. The average Bonchev–Trinajstić information content (AvgIpc) is 2.45. The van der Waals surface area contributed by atoms with Crippen molar-refractivity contribution in [2.45, 2.75) is 19.5 Å². The highest BCUT2D eigenvalue weighted by molar-refractivity contribution is 5.35. The van der Waals surface area contributed by atoms with E-state index in [1.165, 1.54) is 12.3 Å². The van der Waals surface area contributed by atoms with Crippen molar-refractivity contribution in [3.8, 4) is 5.75 Å². The molecule has 0 spiro atoms. The first-order valence-corrected chi connectivity index (χ1v) is 6.16. The first kappa shape index (κ1) is 13.5. The van der Waals surface area contributed by atoms with E-state index >= 15 is 0 Å². The zero-order valence-corrected chi connectivity index (χ0v) is 11.1. The van der Waals surface area contributed by atoms with Crippen LogP contribution in [-0.4, -0.2) is 12.1 Å². The fourth-order valence-corrected chi connectivity index (χ4v) is 1.96. The van der Waals surface area contributed by atoms with Crippen molar-refractivity contribution in [3.05, 3.63) is 59.7 Å². The van der Waals surface area contributed by atoms with Gasteiger partial charge in [-0.2, -0.15) is 0 Å². The lowest BCUT2D eigenvalue weighted by Crippen LogP contribution is -2.18. The van der Waals surface area contributed by atoms with Crippen LogP contribution in [0.4, 0.5) is 4.39 Å². The number of methoxy groups -OCH3 is 1. The van der Waals surface area contributed by atoms with Crippen LogP contribution in [0.2, 0.25) is 0 Å². The van der Waals surface area contributed by atoms with Gasteiger partial charge >= 0.3 is 0 Å². The fraction of sp³-hybridized carbons (Fsp3) is 0.267. The minimum absolute atomic E-state index is 0.111. The molecule has 1 heterocycles. The lowest BCUT2D eigenvalue weighted by molar-refractivity contribution is 0.401. The van der Waals surface area contributed by atoms with Gasteiger partial charge in [0.2, 0.25) is 0 Å². The molecule has 1 atom stereocenters. The lowest BCUT2D eigenvalue weighted by Gasteiger charge is -2.17. The van der Waals surface area contributed by atoms with Gasteiger partial charge in [0.1, 0.15) is 11.6 Å². The van der Waals surface area contributed by atoms with Gasteiger partial charge in [0, 0.05) is 24.3 Å². The van der Waals surface area contributed by atoms with Gasteiger partial charge in [-0.05, 0) is 24.6 Å². The lowest BCUT2D eigenvalue weighted by atomic mass is 10.1. The number of hydrogen-bond donors (Lipinski definition) is 1. The highest BCUT2D eigenvalue weighted by Crippen LogP contribution is 2.24. The number of aromatic nitrogens is 1. The Labute approximate surface area is 112 Å². The Kier molecular flexibility index (Phi) is 4.47. The van der Waals surface area contributed by atoms with Gasteiger partial charge in [-0.1, -0.05) is 18.2 Å². The van der Waals surface area contributed by atoms with E-state index in [1.54, 1.807) is 13.3 Å². The SMILES string of the molecule is COc1ccccc1[C@H](C)NCc1cncc(F)c1. The van der Waals surface area contributed by atoms with E-state index in [2.05, 4.69) is 10.3 Å². The summed E-state index contributed by atoms with van der Waals surface area (Å²) in [6.45, 7) is 2.61. The number of halogens is 1. The van der Waals surface area contributed by atoms with Crippen LogP contribution < -0.4 is 10.1 Å². The van der Waals surface area contributed by atoms with E-state index in [0.717, 1.165) is 16.9 Å². The fourth-order valence-electron chi connectivity index (χ4n) is 1.96. The smallest absolute Gasteiger partial charge is 0.141 e. The number of pyridine rings is 1. The third-order valence-corrected chi connectivity index (χ3v) is 2.98. The molecule has 0 amide bonds. The Morgan fingerprint density at radius 2 is 2.11 bits per heavy atom. The summed E-state index contributed by atoms with van der Waals surface area (Å²) in [5, 5.41) is 3.33. The highest BCUT2D eigenvalue weighted by atomic mass is 19.1. The average molecular weight is 260 g/mol. The van der Waals surface area contributed by atoms with Crippen LogP contribution in [0.25, 0.3) is 0 Å². The van der Waals surface area contributed by atoms with Gasteiger partial charge in [0.05, 0.1) is 13.3 Å². The molecule has 3 nitrogen and oxygen atoms in total. The molecule has 0 saturated carbocycles. The Bertz CT molecular complexity index is 545. The van der Waals surface area contributed by atoms with Crippen LogP contribution >= 0.6 is 0 Å². The number of nitrogens with zero attached hydrogens (tertiary/aromatic N) is 1. The monoisotopic (exact) mass is 260 g/mol. The van der Waals surface area contributed by atoms with Gasteiger partial charge in [-0.25, -0.2) is 4.39 Å². The summed E-state index contributed by atoms with van der Waals surface area (Å²) in [5.41, 5.74) is 1.90. The molecule has 0 aliphatic rings. The van der Waals surface area contributed by atoms with E-state index in [4.69, 9.17) is 4.74 Å². The predicted octanol–water partition coefficient (Wildman–Crippen LogP) is 3.08. The van der Waals surface area contributed by atoms with Crippen molar-refractivity contribution in [2.75, 3.05) is 7.11 Å². The molecular weight excluding hydrogens is 243 g/mol. The van der Waals surface area contributed by atoms with Crippen LogP contribution in [0.1, 0.15) is 24.1 Å². The van der Waals surface area contributed by atoms with Crippen molar-refractivity contribution in [3.63, 3.8) is 0 Å². The van der Waals surface area contributed by atoms with Gasteiger partial charge < -0.3 is 10.1 Å². The van der Waals surface area contributed by atoms with Crippen LogP contribution in [0.5, 0.6) is 5.75 Å². The quantitative estimate of drug-likeness (QED) is 0.897. The van der Waals surface area contributed by atoms with E-state index in [0.29, 0.717) is 6.54 Å². The molecule has 4 heteroatoms. The molecule has 0 aliphatic carbocycles. The third-order valence-electron chi connectivity index (χ3n) is 2.98. The summed E-state index contributed by atoms with van der Waals surface area (Å²) in [7, 11) is 1.65. The Hall–Kier alpha value is -1.94. The Balaban J connectivity index is 2.03. The molecule has 1 aromatic heterocycles. The third kappa shape index (κ3) is 3.51. The van der Waals surface area contributed by atoms with E-state index in [1.807, 2.05) is 31.2 Å². The number of nitrogens with one attached hydrogen (secondary N) is 1. The first-order chi connectivity index (χ1) is 9.20. The summed E-state index contributed by atoms with van der Waals surface area (Å²) in [6.07, 6.45) is 2.86. The Morgan fingerprint density at radius 1 is 1.32 bits per heavy atom. The van der Waals surface area contributed by atoms with Crippen molar-refractivity contribution < 1.29 is 9.13 Å². The molecule has 1 aromatic carbocycles. The van der Waals surface area contributed by atoms with Crippen LogP contribution in [0, 0.1) is 5.82 Å². The second kappa shape index (κ2) is 6.29. The summed E-state index contributed by atoms with van der Waals surface area (Å²) in [6, 6.07) is 9.44. The predicted molar refractivity (Wildman–Crippen MR) is 72.4 cm³/mol. The molecule has 100 valence electrons. The summed E-state index contributed by atoms with van der Waals surface area (Å²) in [4.78, 5) is 3.83. The van der Waals surface area contributed by atoms with Gasteiger partial charge in [-0.3, -0.25) is 4.98 Å². The van der Waals surface area contributed by atoms with E-state index < -0.39 is 0 Å². The van der Waals surface area contributed by atoms with Crippen LogP contribution in [0.3, 0.4) is 0 Å². The molecule has 0 aliphatic heterocycles. The van der Waals surface area contributed by atoms with Crippen molar-refractivity contribution in [2.24, 2.45) is 0 Å². The molecule has 0 bridgehead atoms. The second-order valence-corrected chi connectivity index (χ2v) is 4.36. The van der Waals surface area contributed by atoms with Crippen molar-refractivity contribution in [1.82, 2.24) is 10.3 Å². The molecular formula is C15H17FN2O. The maximum absolute atomic E-state index is 13.0. The minimum Gasteiger partial charge on any atom is -0.496 e. The molecule has 19 heavy (non-hydrogen) atoms. The second-order valence-electron chi connectivity index (χ2n) is 4.36. The van der Waals surface area contributed by atoms with E-state index in [-0.39, 0.29) is 11.9 Å². The zero-order chi connectivity index (χ0) is 13.7. The first-order valence-electron chi connectivity index (χ1n) is 6.16. The maximum atomic E-state index is 13.0. The summed E-state index contributed by atoms with van der Waals surface area (Å²) in [5.74, 6) is 0.532. The van der Waals surface area contributed by atoms with E-state index in [9.17, 15) is 4.39 Å². The van der Waals surface area contributed by atoms with Gasteiger partial charge in [0.25, 0.3) is 0 Å². The maximum Gasteiger partial charge on any atom is 0.141 e. The minimum atomic E-state index is -0.316. The molecule has 2 aromatic rings. The standard InChI is InChI=1S/C15H17FN2O/c1-11(14-5-3-4-6-15(14)19-2)18-9-12-7-13(16)10-17-8-12/h3-8,10-11,18H,9H2,1-2H3/t11-/m0/s1. The number of rotatable bonds is 5. The van der Waals surface area contributed by atoms with Crippen molar-refractivity contribution in [1.29, 1.82) is 0 Å². The topological polar surface area (TPSA) is 34.1 Å².